The lowest BCUT2D eigenvalue weighted by Gasteiger charge is -2.11. The van der Waals surface area contributed by atoms with Gasteiger partial charge in [-0.3, -0.25) is 0 Å². The van der Waals surface area contributed by atoms with Crippen LogP contribution in [0.25, 0.3) is 10.8 Å². The van der Waals surface area contributed by atoms with Crippen LogP contribution in [0.3, 0.4) is 0 Å². The molecular formula is C13H13FO2. The molecule has 3 heteroatoms. The van der Waals surface area contributed by atoms with Crippen LogP contribution in [0.4, 0.5) is 4.39 Å². The average Bonchev–Trinajstić information content (AvgIpc) is 2.20. The Morgan fingerprint density at radius 2 is 1.88 bits per heavy atom. The van der Waals surface area contributed by atoms with Crippen molar-refractivity contribution in [3.63, 3.8) is 0 Å². The van der Waals surface area contributed by atoms with Gasteiger partial charge in [0.05, 0.1) is 0 Å². The number of halogens is 1. The van der Waals surface area contributed by atoms with Gasteiger partial charge in [-0.25, -0.2) is 4.39 Å². The Hall–Kier alpha value is -1.77. The smallest absolute Gasteiger partial charge is 0.168 e. The van der Waals surface area contributed by atoms with Crippen molar-refractivity contribution in [2.24, 2.45) is 0 Å². The van der Waals surface area contributed by atoms with Crippen molar-refractivity contribution in [1.82, 2.24) is 0 Å². The standard InChI is InChI=1S/C13H13FO2/c1-3-10-12-7(2)4-9(15)5-8(12)6-11(16)13(10)14/h4-6,15-16H,3H2,1-2H3. The molecular weight excluding hydrogens is 207 g/mol. The fourth-order valence-corrected chi connectivity index (χ4v) is 2.13. The summed E-state index contributed by atoms with van der Waals surface area (Å²) in [5.41, 5.74) is 1.30. The normalized spacial score (nSPS) is 10.9. The first-order valence-corrected chi connectivity index (χ1v) is 5.18. The molecule has 0 amide bonds. The number of phenolic OH excluding ortho intramolecular Hbond substituents is 2. The summed E-state index contributed by atoms with van der Waals surface area (Å²) in [6.07, 6.45) is 0.502. The van der Waals surface area contributed by atoms with Crippen LogP contribution in [0.15, 0.2) is 18.2 Å². The highest BCUT2D eigenvalue weighted by Gasteiger charge is 2.13. The van der Waals surface area contributed by atoms with Crippen LogP contribution in [0.1, 0.15) is 18.1 Å². The minimum Gasteiger partial charge on any atom is -0.508 e. The summed E-state index contributed by atoms with van der Waals surface area (Å²) < 4.78 is 13.7. The Balaban J connectivity index is 2.96. The molecule has 2 rings (SSSR count). The number of hydrogen-bond donors (Lipinski definition) is 2. The van der Waals surface area contributed by atoms with Crippen LogP contribution in [-0.2, 0) is 6.42 Å². The minimum absolute atomic E-state index is 0.123. The van der Waals surface area contributed by atoms with E-state index in [1.54, 1.807) is 6.07 Å². The van der Waals surface area contributed by atoms with Gasteiger partial charge in [0, 0.05) is 0 Å². The summed E-state index contributed by atoms with van der Waals surface area (Å²) in [5.74, 6) is -0.809. The van der Waals surface area contributed by atoms with Gasteiger partial charge >= 0.3 is 0 Å². The number of rotatable bonds is 1. The van der Waals surface area contributed by atoms with Crippen molar-refractivity contribution in [3.8, 4) is 11.5 Å². The average molecular weight is 220 g/mol. The Morgan fingerprint density at radius 1 is 1.19 bits per heavy atom. The number of aryl methyl sites for hydroxylation is 2. The highest BCUT2D eigenvalue weighted by atomic mass is 19.1. The van der Waals surface area contributed by atoms with E-state index < -0.39 is 5.82 Å². The first kappa shape index (κ1) is 10.7. The quantitative estimate of drug-likeness (QED) is 0.774. The Bertz CT molecular complexity index is 562. The number of phenols is 2. The molecule has 0 radical (unpaired) electrons. The molecule has 0 aromatic heterocycles. The molecule has 0 aliphatic rings. The summed E-state index contributed by atoms with van der Waals surface area (Å²) in [4.78, 5) is 0. The molecule has 0 unspecified atom stereocenters. The van der Waals surface area contributed by atoms with Crippen LogP contribution >= 0.6 is 0 Å². The maximum atomic E-state index is 13.7. The van der Waals surface area contributed by atoms with Gasteiger partial charge in [0.2, 0.25) is 0 Å². The molecule has 0 spiro atoms. The van der Waals surface area contributed by atoms with Crippen LogP contribution in [-0.4, -0.2) is 10.2 Å². The largest absolute Gasteiger partial charge is 0.508 e. The number of benzene rings is 2. The summed E-state index contributed by atoms with van der Waals surface area (Å²) in [7, 11) is 0. The van der Waals surface area contributed by atoms with E-state index in [1.165, 1.54) is 12.1 Å². The van der Waals surface area contributed by atoms with E-state index in [1.807, 2.05) is 13.8 Å². The van der Waals surface area contributed by atoms with Gasteiger partial charge in [-0.2, -0.15) is 0 Å². The zero-order chi connectivity index (χ0) is 11.9. The molecule has 0 atom stereocenters. The molecule has 2 nitrogen and oxygen atoms in total. The fraction of sp³-hybridized carbons (Fsp3) is 0.231. The van der Waals surface area contributed by atoms with Crippen molar-refractivity contribution in [2.45, 2.75) is 20.3 Å². The summed E-state index contributed by atoms with van der Waals surface area (Å²) >= 11 is 0. The van der Waals surface area contributed by atoms with Crippen molar-refractivity contribution in [1.29, 1.82) is 0 Å². The van der Waals surface area contributed by atoms with Crippen molar-refractivity contribution < 1.29 is 14.6 Å². The molecule has 0 aliphatic carbocycles. The van der Waals surface area contributed by atoms with Crippen molar-refractivity contribution in [2.75, 3.05) is 0 Å². The number of aromatic hydroxyl groups is 2. The van der Waals surface area contributed by atoms with E-state index in [0.717, 1.165) is 10.9 Å². The van der Waals surface area contributed by atoms with Crippen LogP contribution in [0.2, 0.25) is 0 Å². The van der Waals surface area contributed by atoms with Gasteiger partial charge in [-0.05, 0) is 53.4 Å². The maximum absolute atomic E-state index is 13.7. The monoisotopic (exact) mass is 220 g/mol. The highest BCUT2D eigenvalue weighted by molar-refractivity contribution is 5.91. The third-order valence-electron chi connectivity index (χ3n) is 2.79. The maximum Gasteiger partial charge on any atom is 0.168 e. The molecule has 0 saturated heterocycles. The van der Waals surface area contributed by atoms with Crippen LogP contribution in [0, 0.1) is 12.7 Å². The molecule has 0 aliphatic heterocycles. The van der Waals surface area contributed by atoms with Gasteiger partial charge in [-0.15, -0.1) is 0 Å². The highest BCUT2D eigenvalue weighted by Crippen LogP contribution is 2.33. The zero-order valence-electron chi connectivity index (χ0n) is 9.21. The second-order valence-electron chi connectivity index (χ2n) is 3.90. The first-order valence-electron chi connectivity index (χ1n) is 5.18. The lowest BCUT2D eigenvalue weighted by molar-refractivity contribution is 0.430. The molecule has 2 N–H and O–H groups in total. The second-order valence-corrected chi connectivity index (χ2v) is 3.90. The van der Waals surface area contributed by atoms with Gasteiger partial charge in [-0.1, -0.05) is 6.92 Å². The molecule has 2 aromatic rings. The van der Waals surface area contributed by atoms with Crippen molar-refractivity contribution in [3.05, 3.63) is 35.1 Å². The first-order chi connectivity index (χ1) is 7.54. The number of fused-ring (bicyclic) bond motifs is 1. The number of hydrogen-bond acceptors (Lipinski definition) is 2. The lowest BCUT2D eigenvalue weighted by atomic mass is 9.97. The lowest BCUT2D eigenvalue weighted by Crippen LogP contribution is -1.93. The summed E-state index contributed by atoms with van der Waals surface area (Å²) in [6, 6.07) is 4.47. The Morgan fingerprint density at radius 3 is 2.50 bits per heavy atom. The third-order valence-corrected chi connectivity index (χ3v) is 2.79. The van der Waals surface area contributed by atoms with Crippen LogP contribution in [0.5, 0.6) is 11.5 Å². The SMILES string of the molecule is CCc1c(F)c(O)cc2cc(O)cc(C)c12. The summed E-state index contributed by atoms with van der Waals surface area (Å²) in [5, 5.41) is 20.3. The predicted molar refractivity (Wildman–Crippen MR) is 61.4 cm³/mol. The van der Waals surface area contributed by atoms with E-state index in [4.69, 9.17) is 0 Å². The van der Waals surface area contributed by atoms with Gasteiger partial charge in [0.1, 0.15) is 5.75 Å². The van der Waals surface area contributed by atoms with Gasteiger partial charge in [0.25, 0.3) is 0 Å². The fourth-order valence-electron chi connectivity index (χ4n) is 2.13. The molecule has 0 fully saturated rings. The van der Waals surface area contributed by atoms with E-state index in [2.05, 4.69) is 0 Å². The molecule has 84 valence electrons. The third kappa shape index (κ3) is 1.48. The van der Waals surface area contributed by atoms with E-state index in [-0.39, 0.29) is 11.5 Å². The predicted octanol–water partition coefficient (Wildman–Crippen LogP) is 3.26. The molecule has 2 aromatic carbocycles. The Kier molecular flexibility index (Phi) is 2.46. The molecule has 16 heavy (non-hydrogen) atoms. The topological polar surface area (TPSA) is 40.5 Å². The van der Waals surface area contributed by atoms with E-state index in [0.29, 0.717) is 17.4 Å². The summed E-state index contributed by atoms with van der Waals surface area (Å²) in [6.45, 7) is 3.65. The minimum atomic E-state index is -0.566. The molecule has 0 saturated carbocycles. The molecule has 0 bridgehead atoms. The van der Waals surface area contributed by atoms with E-state index in [9.17, 15) is 14.6 Å². The Labute approximate surface area is 93.0 Å². The molecule has 0 heterocycles. The zero-order valence-corrected chi connectivity index (χ0v) is 9.21. The van der Waals surface area contributed by atoms with Gasteiger partial charge in [0.15, 0.2) is 11.6 Å². The van der Waals surface area contributed by atoms with Gasteiger partial charge < -0.3 is 10.2 Å². The second kappa shape index (κ2) is 3.67. The van der Waals surface area contributed by atoms with Crippen LogP contribution < -0.4 is 0 Å². The van der Waals surface area contributed by atoms with Crippen molar-refractivity contribution >= 4 is 10.8 Å². The van der Waals surface area contributed by atoms with E-state index >= 15 is 0 Å².